The molecule has 0 N–H and O–H groups in total. The number of aromatic nitrogens is 5. The average Bonchev–Trinajstić information content (AvgIpc) is 3.44. The van der Waals surface area contributed by atoms with Gasteiger partial charge in [-0.2, -0.15) is 10.1 Å². The van der Waals surface area contributed by atoms with Crippen LogP contribution in [0.5, 0.6) is 5.75 Å². The van der Waals surface area contributed by atoms with Crippen LogP contribution in [0.2, 0.25) is 5.02 Å². The summed E-state index contributed by atoms with van der Waals surface area (Å²) >= 11 is 6.20. The number of para-hydroxylation sites is 1. The van der Waals surface area contributed by atoms with Crippen LogP contribution in [0.25, 0.3) is 28.2 Å². The second-order valence-electron chi connectivity index (χ2n) is 6.78. The zero-order chi connectivity index (χ0) is 21.4. The van der Waals surface area contributed by atoms with Crippen molar-refractivity contribution in [2.75, 3.05) is 7.11 Å². The molecule has 0 saturated carbocycles. The van der Waals surface area contributed by atoms with Gasteiger partial charge in [0.15, 0.2) is 0 Å². The molecule has 2 aromatic carbocycles. The first-order chi connectivity index (χ1) is 15.1. The maximum absolute atomic E-state index is 13.0. The first kappa shape index (κ1) is 19.1. The molecule has 154 valence electrons. The molecule has 8 nitrogen and oxygen atoms in total. The highest BCUT2D eigenvalue weighted by atomic mass is 35.5. The van der Waals surface area contributed by atoms with E-state index >= 15 is 0 Å². The highest BCUT2D eigenvalue weighted by Gasteiger charge is 2.15. The molecular weight excluding hydrogens is 418 g/mol. The second-order valence-corrected chi connectivity index (χ2v) is 7.19. The van der Waals surface area contributed by atoms with Gasteiger partial charge in [-0.1, -0.05) is 41.0 Å². The van der Waals surface area contributed by atoms with Crippen molar-refractivity contribution in [3.05, 3.63) is 88.3 Å². The third kappa shape index (κ3) is 3.47. The highest BCUT2D eigenvalue weighted by molar-refractivity contribution is 6.33. The summed E-state index contributed by atoms with van der Waals surface area (Å²) in [4.78, 5) is 17.4. The van der Waals surface area contributed by atoms with E-state index in [0.29, 0.717) is 39.3 Å². The van der Waals surface area contributed by atoms with Crippen LogP contribution in [0, 0.1) is 0 Å². The Morgan fingerprint density at radius 2 is 1.84 bits per heavy atom. The minimum Gasteiger partial charge on any atom is -0.496 e. The van der Waals surface area contributed by atoms with E-state index in [-0.39, 0.29) is 12.1 Å². The fourth-order valence-electron chi connectivity index (χ4n) is 3.36. The van der Waals surface area contributed by atoms with Crippen LogP contribution in [-0.4, -0.2) is 31.4 Å². The predicted octanol–water partition coefficient (Wildman–Crippen LogP) is 3.92. The molecule has 9 heteroatoms. The van der Waals surface area contributed by atoms with E-state index in [4.69, 9.17) is 20.9 Å². The molecule has 0 aliphatic heterocycles. The van der Waals surface area contributed by atoms with Crippen molar-refractivity contribution in [2.45, 2.75) is 6.54 Å². The molecular formula is C22H16ClN5O3. The zero-order valence-electron chi connectivity index (χ0n) is 16.4. The van der Waals surface area contributed by atoms with Crippen LogP contribution in [0.1, 0.15) is 5.89 Å². The van der Waals surface area contributed by atoms with Gasteiger partial charge in [0.05, 0.1) is 17.8 Å². The molecule has 0 spiro atoms. The molecule has 0 aliphatic rings. The van der Waals surface area contributed by atoms with E-state index < -0.39 is 0 Å². The summed E-state index contributed by atoms with van der Waals surface area (Å²) in [5.74, 6) is 1.35. The Hall–Kier alpha value is -3.91. The molecule has 0 unspecified atom stereocenters. The fraction of sp³-hybridized carbons (Fsp3) is 0.0909. The molecule has 31 heavy (non-hydrogen) atoms. The van der Waals surface area contributed by atoms with Gasteiger partial charge in [-0.05, 0) is 30.3 Å². The predicted molar refractivity (Wildman–Crippen MR) is 115 cm³/mol. The summed E-state index contributed by atoms with van der Waals surface area (Å²) in [7, 11) is 1.60. The quantitative estimate of drug-likeness (QED) is 0.417. The van der Waals surface area contributed by atoms with Gasteiger partial charge in [0.2, 0.25) is 11.7 Å². The van der Waals surface area contributed by atoms with Gasteiger partial charge < -0.3 is 13.8 Å². The number of rotatable bonds is 5. The molecule has 0 fully saturated rings. The van der Waals surface area contributed by atoms with E-state index in [1.807, 2.05) is 36.4 Å². The van der Waals surface area contributed by atoms with Gasteiger partial charge >= 0.3 is 0 Å². The van der Waals surface area contributed by atoms with Gasteiger partial charge in [0, 0.05) is 23.5 Å². The van der Waals surface area contributed by atoms with Crippen LogP contribution in [-0.2, 0) is 6.54 Å². The Morgan fingerprint density at radius 1 is 1.06 bits per heavy atom. The Labute approximate surface area is 181 Å². The normalized spacial score (nSPS) is 11.2. The summed E-state index contributed by atoms with van der Waals surface area (Å²) in [6.45, 7) is 0.127. The molecule has 0 amide bonds. The topological polar surface area (TPSA) is 87.5 Å². The lowest BCUT2D eigenvalue weighted by atomic mass is 10.1. The molecule has 3 aromatic heterocycles. The van der Waals surface area contributed by atoms with Crippen LogP contribution >= 0.6 is 11.6 Å². The molecule has 5 rings (SSSR count). The van der Waals surface area contributed by atoms with Gasteiger partial charge in [0.1, 0.15) is 17.8 Å². The summed E-state index contributed by atoms with van der Waals surface area (Å²) in [5, 5.41) is 9.02. The Kier molecular flexibility index (Phi) is 4.76. The number of nitrogens with zero attached hydrogens (tertiary/aromatic N) is 5. The van der Waals surface area contributed by atoms with E-state index in [0.717, 1.165) is 5.56 Å². The molecule has 0 radical (unpaired) electrons. The minimum atomic E-state index is -0.228. The SMILES string of the molecule is COc1ccccc1-c1cc2c(=O)n(Cc3nc(-c4ccccc4Cl)no3)ccn2n1. The zero-order valence-corrected chi connectivity index (χ0v) is 17.2. The first-order valence-electron chi connectivity index (χ1n) is 9.44. The van der Waals surface area contributed by atoms with Gasteiger partial charge in [-0.3, -0.25) is 4.79 Å². The largest absolute Gasteiger partial charge is 0.496 e. The van der Waals surface area contributed by atoms with Crippen molar-refractivity contribution >= 4 is 17.1 Å². The summed E-state index contributed by atoms with van der Waals surface area (Å²) in [6.07, 6.45) is 3.34. The van der Waals surface area contributed by atoms with Gasteiger partial charge in [-0.25, -0.2) is 4.52 Å². The summed E-state index contributed by atoms with van der Waals surface area (Å²) in [5.41, 5.74) is 2.31. The van der Waals surface area contributed by atoms with Crippen LogP contribution < -0.4 is 10.3 Å². The van der Waals surface area contributed by atoms with Crippen molar-refractivity contribution in [1.29, 1.82) is 0 Å². The second kappa shape index (κ2) is 7.73. The number of methoxy groups -OCH3 is 1. The monoisotopic (exact) mass is 433 g/mol. The van der Waals surface area contributed by atoms with Crippen LogP contribution in [0.4, 0.5) is 0 Å². The van der Waals surface area contributed by atoms with Gasteiger partial charge in [-0.15, -0.1) is 0 Å². The number of hydrogen-bond acceptors (Lipinski definition) is 6. The minimum absolute atomic E-state index is 0.127. The smallest absolute Gasteiger partial charge is 0.277 e. The number of halogens is 1. The molecule has 5 aromatic rings. The van der Waals surface area contributed by atoms with Crippen LogP contribution in [0.15, 0.2) is 76.3 Å². The van der Waals surface area contributed by atoms with Crippen molar-refractivity contribution in [2.24, 2.45) is 0 Å². The molecule has 0 atom stereocenters. The summed E-state index contributed by atoms with van der Waals surface area (Å²) < 4.78 is 13.8. The van der Waals surface area contributed by atoms with Gasteiger partial charge in [0.25, 0.3) is 5.56 Å². The molecule has 0 saturated heterocycles. The highest BCUT2D eigenvalue weighted by Crippen LogP contribution is 2.29. The van der Waals surface area contributed by atoms with E-state index in [1.165, 1.54) is 4.57 Å². The maximum atomic E-state index is 13.0. The van der Waals surface area contributed by atoms with E-state index in [2.05, 4.69) is 15.2 Å². The number of hydrogen-bond donors (Lipinski definition) is 0. The number of fused-ring (bicyclic) bond motifs is 1. The lowest BCUT2D eigenvalue weighted by Crippen LogP contribution is -2.21. The average molecular weight is 434 g/mol. The first-order valence-corrected chi connectivity index (χ1v) is 9.81. The summed E-state index contributed by atoms with van der Waals surface area (Å²) in [6, 6.07) is 16.5. The molecule has 3 heterocycles. The fourth-order valence-corrected chi connectivity index (χ4v) is 3.58. The Morgan fingerprint density at radius 3 is 2.65 bits per heavy atom. The van der Waals surface area contributed by atoms with E-state index in [1.54, 1.807) is 42.2 Å². The maximum Gasteiger partial charge on any atom is 0.277 e. The lowest BCUT2D eigenvalue weighted by molar-refractivity contribution is 0.370. The standard InChI is InChI=1S/C22H16ClN5O3/c1-30-19-9-5-3-7-15(19)17-12-18-22(29)27(10-11-28(18)25-17)13-20-24-21(26-31-20)14-6-2-4-8-16(14)23/h2-12H,13H2,1H3. The Balaban J connectivity index is 1.49. The van der Waals surface area contributed by atoms with Crippen molar-refractivity contribution < 1.29 is 9.26 Å². The van der Waals surface area contributed by atoms with Crippen molar-refractivity contribution in [1.82, 2.24) is 24.3 Å². The van der Waals surface area contributed by atoms with Crippen molar-refractivity contribution in [3.8, 4) is 28.4 Å². The molecule has 0 aliphatic carbocycles. The number of benzene rings is 2. The third-order valence-electron chi connectivity index (χ3n) is 4.87. The number of ether oxygens (including phenoxy) is 1. The van der Waals surface area contributed by atoms with Crippen LogP contribution in [0.3, 0.4) is 0 Å². The van der Waals surface area contributed by atoms with E-state index in [9.17, 15) is 4.79 Å². The third-order valence-corrected chi connectivity index (χ3v) is 5.20. The lowest BCUT2D eigenvalue weighted by Gasteiger charge is -2.04. The Bertz CT molecular complexity index is 1450. The van der Waals surface area contributed by atoms with Crippen molar-refractivity contribution in [3.63, 3.8) is 0 Å². The molecule has 0 bridgehead atoms.